The number of aromatic nitrogens is 2. The first-order valence-electron chi connectivity index (χ1n) is 12.7. The van der Waals surface area contributed by atoms with E-state index in [4.69, 9.17) is 4.74 Å². The minimum absolute atomic E-state index is 0.0525. The first-order valence-corrected chi connectivity index (χ1v) is 12.7. The number of carbonyl (C=O) groups excluding carboxylic acids is 2. The lowest BCUT2D eigenvalue weighted by molar-refractivity contribution is -0.117. The first-order chi connectivity index (χ1) is 18.6. The maximum Gasteiger partial charge on any atom is 0.254 e. The van der Waals surface area contributed by atoms with Crippen LogP contribution in [-0.2, 0) is 9.53 Å². The largest absolute Gasteiger partial charge is 0.383 e. The van der Waals surface area contributed by atoms with Gasteiger partial charge in [-0.3, -0.25) is 14.6 Å². The number of hydrogen-bond acceptors (Lipinski definition) is 4. The molecule has 7 nitrogen and oxygen atoms in total. The van der Waals surface area contributed by atoms with Crippen LogP contribution in [0.4, 0.5) is 5.69 Å². The Labute approximate surface area is 220 Å². The van der Waals surface area contributed by atoms with Crippen molar-refractivity contribution in [3.63, 3.8) is 0 Å². The van der Waals surface area contributed by atoms with Crippen molar-refractivity contribution in [3.8, 4) is 0 Å². The Hall–Kier alpha value is -4.49. The van der Waals surface area contributed by atoms with Gasteiger partial charge in [0.05, 0.1) is 30.0 Å². The van der Waals surface area contributed by atoms with Gasteiger partial charge in [-0.05, 0) is 29.8 Å². The van der Waals surface area contributed by atoms with Crippen molar-refractivity contribution in [2.75, 3.05) is 25.6 Å². The van der Waals surface area contributed by atoms with Crippen molar-refractivity contribution >= 4 is 39.3 Å². The van der Waals surface area contributed by atoms with Crippen LogP contribution < -0.4 is 5.32 Å². The number of pyridine rings is 1. The van der Waals surface area contributed by atoms with Gasteiger partial charge in [0, 0.05) is 59.6 Å². The van der Waals surface area contributed by atoms with Gasteiger partial charge in [0.15, 0.2) is 0 Å². The molecule has 0 spiro atoms. The molecule has 0 fully saturated rings. The molecule has 0 radical (unpaired) electrons. The van der Waals surface area contributed by atoms with Crippen LogP contribution in [0.5, 0.6) is 0 Å². The molecule has 0 saturated heterocycles. The van der Waals surface area contributed by atoms with E-state index in [0.717, 1.165) is 32.9 Å². The molecule has 2 aromatic heterocycles. The highest BCUT2D eigenvalue weighted by Gasteiger charge is 2.42. The van der Waals surface area contributed by atoms with Gasteiger partial charge in [0.1, 0.15) is 0 Å². The predicted octanol–water partition coefficient (Wildman–Crippen LogP) is 5.67. The number of nitrogens with zero attached hydrogens (tertiary/aromatic N) is 2. The Kier molecular flexibility index (Phi) is 6.35. The second-order valence-electron chi connectivity index (χ2n) is 9.59. The molecule has 0 aliphatic carbocycles. The zero-order valence-electron chi connectivity index (χ0n) is 21.1. The van der Waals surface area contributed by atoms with Crippen LogP contribution in [0.3, 0.4) is 0 Å². The summed E-state index contributed by atoms with van der Waals surface area (Å²) >= 11 is 0. The smallest absolute Gasteiger partial charge is 0.254 e. The summed E-state index contributed by atoms with van der Waals surface area (Å²) in [7, 11) is 1.63. The molecule has 38 heavy (non-hydrogen) atoms. The highest BCUT2D eigenvalue weighted by molar-refractivity contribution is 6.00. The number of rotatable bonds is 7. The SMILES string of the molecule is COCCN1C(=O)c2ccccc2C(CC(=O)Nc2cnc3ccccc3c2)C1c1c[nH]c2ccccc12. The Morgan fingerprint density at radius 2 is 1.82 bits per heavy atom. The van der Waals surface area contributed by atoms with Crippen LogP contribution in [0.15, 0.2) is 91.3 Å². The van der Waals surface area contributed by atoms with Crippen molar-refractivity contribution in [2.45, 2.75) is 18.4 Å². The second-order valence-corrected chi connectivity index (χ2v) is 9.59. The fourth-order valence-electron chi connectivity index (χ4n) is 5.61. The number of para-hydroxylation sites is 2. The average Bonchev–Trinajstić information content (AvgIpc) is 3.37. The third-order valence-corrected chi connectivity index (χ3v) is 7.32. The molecule has 190 valence electrons. The van der Waals surface area contributed by atoms with Gasteiger partial charge in [0.25, 0.3) is 5.91 Å². The maximum absolute atomic E-state index is 13.8. The third-order valence-electron chi connectivity index (χ3n) is 7.32. The number of H-pyrrole nitrogens is 1. The molecule has 3 heterocycles. The number of fused-ring (bicyclic) bond motifs is 3. The molecule has 2 unspecified atom stereocenters. The molecule has 7 heteroatoms. The van der Waals surface area contributed by atoms with Crippen molar-refractivity contribution in [1.82, 2.24) is 14.9 Å². The summed E-state index contributed by atoms with van der Waals surface area (Å²) in [6, 6.07) is 25.1. The summed E-state index contributed by atoms with van der Waals surface area (Å²) in [5.74, 6) is -0.440. The van der Waals surface area contributed by atoms with E-state index in [2.05, 4.69) is 21.4 Å². The minimum atomic E-state index is -0.343. The van der Waals surface area contributed by atoms with E-state index in [9.17, 15) is 9.59 Å². The molecule has 2 amide bonds. The topological polar surface area (TPSA) is 87.3 Å². The molecule has 2 atom stereocenters. The lowest BCUT2D eigenvalue weighted by atomic mass is 9.77. The van der Waals surface area contributed by atoms with Crippen molar-refractivity contribution in [2.24, 2.45) is 0 Å². The van der Waals surface area contributed by atoms with Crippen LogP contribution in [-0.4, -0.2) is 46.9 Å². The molecular weight excluding hydrogens is 476 g/mol. The molecule has 6 rings (SSSR count). The van der Waals surface area contributed by atoms with E-state index in [1.807, 2.05) is 83.9 Å². The van der Waals surface area contributed by atoms with Crippen molar-refractivity contribution < 1.29 is 14.3 Å². The zero-order valence-corrected chi connectivity index (χ0v) is 21.1. The van der Waals surface area contributed by atoms with Gasteiger partial charge in [-0.1, -0.05) is 54.6 Å². The van der Waals surface area contributed by atoms with Crippen LogP contribution in [0.1, 0.15) is 39.9 Å². The number of benzene rings is 3. The van der Waals surface area contributed by atoms with Crippen LogP contribution in [0.25, 0.3) is 21.8 Å². The highest BCUT2D eigenvalue weighted by Crippen LogP contribution is 2.46. The number of amides is 2. The summed E-state index contributed by atoms with van der Waals surface area (Å²) in [5, 5.41) is 5.04. The number of carbonyl (C=O) groups is 2. The molecular formula is C31H28N4O3. The normalized spacial score (nSPS) is 17.1. The van der Waals surface area contributed by atoms with Gasteiger partial charge < -0.3 is 19.9 Å². The molecule has 1 aliphatic heterocycles. The van der Waals surface area contributed by atoms with Crippen molar-refractivity contribution in [1.29, 1.82) is 0 Å². The number of ether oxygens (including phenoxy) is 1. The molecule has 0 saturated carbocycles. The lowest BCUT2D eigenvalue weighted by Gasteiger charge is -2.42. The van der Waals surface area contributed by atoms with Gasteiger partial charge in [-0.2, -0.15) is 0 Å². The molecule has 1 aliphatic rings. The quantitative estimate of drug-likeness (QED) is 0.299. The fourth-order valence-corrected chi connectivity index (χ4v) is 5.61. The monoisotopic (exact) mass is 504 g/mol. The van der Waals surface area contributed by atoms with Crippen LogP contribution in [0, 0.1) is 0 Å². The van der Waals surface area contributed by atoms with Gasteiger partial charge in [-0.15, -0.1) is 0 Å². The van der Waals surface area contributed by atoms with E-state index in [0.29, 0.717) is 24.4 Å². The van der Waals surface area contributed by atoms with Crippen LogP contribution in [0.2, 0.25) is 0 Å². The van der Waals surface area contributed by atoms with Crippen molar-refractivity contribution in [3.05, 3.63) is 108 Å². The number of aromatic amines is 1. The minimum Gasteiger partial charge on any atom is -0.383 e. The third kappa shape index (κ3) is 4.31. The number of hydrogen-bond donors (Lipinski definition) is 2. The highest BCUT2D eigenvalue weighted by atomic mass is 16.5. The van der Waals surface area contributed by atoms with E-state index in [-0.39, 0.29) is 30.2 Å². The molecule has 0 bridgehead atoms. The van der Waals surface area contributed by atoms with Gasteiger partial charge in [0.2, 0.25) is 5.91 Å². The van der Waals surface area contributed by atoms with Crippen LogP contribution >= 0.6 is 0 Å². The van der Waals surface area contributed by atoms with Gasteiger partial charge >= 0.3 is 0 Å². The van der Waals surface area contributed by atoms with E-state index in [1.165, 1.54) is 0 Å². The Bertz CT molecular complexity index is 1640. The second kappa shape index (κ2) is 10.1. The number of nitrogens with one attached hydrogen (secondary N) is 2. The first kappa shape index (κ1) is 23.9. The zero-order chi connectivity index (χ0) is 26.1. The summed E-state index contributed by atoms with van der Waals surface area (Å²) < 4.78 is 5.38. The van der Waals surface area contributed by atoms with E-state index in [1.54, 1.807) is 13.3 Å². The van der Waals surface area contributed by atoms with E-state index < -0.39 is 0 Å². The number of anilines is 1. The predicted molar refractivity (Wildman–Crippen MR) is 148 cm³/mol. The van der Waals surface area contributed by atoms with Gasteiger partial charge in [-0.25, -0.2) is 0 Å². The Morgan fingerprint density at radius 3 is 2.71 bits per heavy atom. The maximum atomic E-state index is 13.8. The molecule has 5 aromatic rings. The molecule has 3 aromatic carbocycles. The summed E-state index contributed by atoms with van der Waals surface area (Å²) in [6.07, 6.45) is 3.85. The summed E-state index contributed by atoms with van der Waals surface area (Å²) in [5.41, 5.74) is 5.01. The summed E-state index contributed by atoms with van der Waals surface area (Å²) in [4.78, 5) is 37.0. The lowest BCUT2D eigenvalue weighted by Crippen LogP contribution is -2.45. The Balaban J connectivity index is 1.40. The molecule has 2 N–H and O–H groups in total. The fraction of sp³-hybridized carbons (Fsp3) is 0.194. The Morgan fingerprint density at radius 1 is 1.03 bits per heavy atom. The van der Waals surface area contributed by atoms with E-state index >= 15 is 0 Å². The standard InChI is InChI=1S/C31H28N4O3/c1-38-15-14-35-30(26-19-33-28-13-7-5-10-23(26)28)25(22-9-3-4-11-24(22)31(35)37)17-29(36)34-21-16-20-8-2-6-12-27(20)32-18-21/h2-13,16,18-19,25,30,33H,14-15,17H2,1H3,(H,34,36). The average molecular weight is 505 g/mol. The summed E-state index contributed by atoms with van der Waals surface area (Å²) in [6.45, 7) is 0.814. The number of methoxy groups -OCH3 is 1.